The van der Waals surface area contributed by atoms with Crippen molar-refractivity contribution in [2.45, 2.75) is 0 Å². The van der Waals surface area contributed by atoms with E-state index < -0.39 is 0 Å². The van der Waals surface area contributed by atoms with Crippen molar-refractivity contribution < 1.29 is 31.1 Å². The van der Waals surface area contributed by atoms with E-state index in [0.717, 1.165) is 4.48 Å². The predicted octanol–water partition coefficient (Wildman–Crippen LogP) is -2.82. The van der Waals surface area contributed by atoms with E-state index in [2.05, 4.69) is 28.2 Å². The summed E-state index contributed by atoms with van der Waals surface area (Å²) in [5.74, 6) is 0. The lowest BCUT2D eigenvalue weighted by molar-refractivity contribution is -0.849. The summed E-state index contributed by atoms with van der Waals surface area (Å²) in [7, 11) is 8.50. The van der Waals surface area contributed by atoms with Gasteiger partial charge in [0, 0.05) is 0 Å². The van der Waals surface area contributed by atoms with E-state index >= 15 is 0 Å². The second-order valence-electron chi connectivity index (χ2n) is 2.68. The average Bonchev–Trinajstić information content (AvgIpc) is 0.722. The molecule has 0 aliphatic rings. The Bertz CT molecular complexity index is 32.7. The summed E-state index contributed by atoms with van der Waals surface area (Å²) in [6, 6.07) is 0. The maximum atomic E-state index is 2.12. The van der Waals surface area contributed by atoms with Crippen LogP contribution in [0.5, 0.6) is 0 Å². The van der Waals surface area contributed by atoms with Crippen LogP contribution in [-0.2, 0) is 0 Å². The zero-order valence-electron chi connectivity index (χ0n) is 6.86. The molecule has 0 saturated heterocycles. The Kier molecular flexibility index (Phi) is 84.7. The molecule has 0 aromatic rings. The van der Waals surface area contributed by atoms with Gasteiger partial charge in [0.2, 0.25) is 0 Å². The Morgan fingerprint density at radius 3 is 0.600 bits per heavy atom. The van der Waals surface area contributed by atoms with E-state index in [4.69, 9.17) is 0 Å². The number of hydrogen-bond donors (Lipinski definition) is 0. The topological polar surface area (TPSA) is 126 Å². The predicted molar refractivity (Wildman–Crippen MR) is 40.9 cm³/mol. The highest BCUT2D eigenvalue weighted by atomic mass is 19.0. The lowest BCUT2D eigenvalue weighted by Gasteiger charge is -2.14. The molecule has 8 N–H and O–H groups in total. The molecular weight excluding hydrogens is 145 g/mol. The zero-order chi connectivity index (χ0) is 4.50. The highest BCUT2D eigenvalue weighted by Gasteiger charge is 1.88. The largest absolute Gasteiger partial charge is 0.412 e. The number of quaternary nitrogens is 1. The van der Waals surface area contributed by atoms with Gasteiger partial charge in [0.1, 0.15) is 0 Å². The zero-order valence-corrected chi connectivity index (χ0v) is 6.86. The van der Waals surface area contributed by atoms with Crippen molar-refractivity contribution in [1.82, 2.24) is 0 Å². The third-order valence-electron chi connectivity index (χ3n) is 0. The van der Waals surface area contributed by atoms with Gasteiger partial charge in [-0.25, -0.2) is 0 Å². The van der Waals surface area contributed by atoms with Crippen LogP contribution in [-0.4, -0.2) is 54.6 Å². The van der Waals surface area contributed by atoms with E-state index in [0.29, 0.717) is 0 Å². The van der Waals surface area contributed by atoms with Crippen molar-refractivity contribution in [3.63, 3.8) is 0 Å². The maximum Gasteiger partial charge on any atom is 0.0675 e. The molecule has 0 rings (SSSR count). The minimum atomic E-state index is 0. The van der Waals surface area contributed by atoms with Crippen molar-refractivity contribution in [3.8, 4) is 0 Å². The summed E-state index contributed by atoms with van der Waals surface area (Å²) in [5, 5.41) is 0. The Labute approximate surface area is 60.5 Å². The fourth-order valence-corrected chi connectivity index (χ4v) is 0. The Morgan fingerprint density at radius 2 is 0.600 bits per heavy atom. The fraction of sp³-hybridized carbons (Fsp3) is 1.00. The molecule has 5 nitrogen and oxygen atoms in total. The molecule has 0 radical (unpaired) electrons. The van der Waals surface area contributed by atoms with Crippen molar-refractivity contribution in [2.75, 3.05) is 28.2 Å². The van der Waals surface area contributed by atoms with Crippen LogP contribution in [0.3, 0.4) is 0 Å². The Morgan fingerprint density at radius 1 is 0.600 bits per heavy atom. The van der Waals surface area contributed by atoms with Gasteiger partial charge < -0.3 is 26.4 Å². The summed E-state index contributed by atoms with van der Waals surface area (Å²) in [4.78, 5) is 0. The molecule has 0 saturated carbocycles. The smallest absolute Gasteiger partial charge is 0.0675 e. The average molecular weight is 166 g/mol. The molecule has 72 valence electrons. The molecule has 0 heterocycles. The van der Waals surface area contributed by atoms with E-state index in [9.17, 15) is 0 Å². The molecule has 0 fully saturated rings. The Balaban J connectivity index is -0.00000000800. The molecular formula is C4H21FNO4+. The van der Waals surface area contributed by atoms with Gasteiger partial charge in [0.15, 0.2) is 0 Å². The summed E-state index contributed by atoms with van der Waals surface area (Å²) >= 11 is 0. The summed E-state index contributed by atoms with van der Waals surface area (Å²) in [6.07, 6.45) is 0. The molecule has 0 bridgehead atoms. The highest BCUT2D eigenvalue weighted by molar-refractivity contribution is 3.87. The maximum absolute atomic E-state index is 2.12. The number of halogens is 1. The fourth-order valence-electron chi connectivity index (χ4n) is 0. The van der Waals surface area contributed by atoms with Crippen LogP contribution in [0.25, 0.3) is 0 Å². The van der Waals surface area contributed by atoms with E-state index in [1.165, 1.54) is 0 Å². The van der Waals surface area contributed by atoms with Crippen molar-refractivity contribution in [3.05, 3.63) is 0 Å². The van der Waals surface area contributed by atoms with Crippen LogP contribution in [0.4, 0.5) is 4.70 Å². The first kappa shape index (κ1) is 53.3. The molecule has 0 aromatic carbocycles. The van der Waals surface area contributed by atoms with Gasteiger partial charge in [0.05, 0.1) is 28.2 Å². The van der Waals surface area contributed by atoms with E-state index in [1.807, 2.05) is 0 Å². The molecule has 0 unspecified atom stereocenters. The number of hydrogen-bond acceptors (Lipinski definition) is 0. The van der Waals surface area contributed by atoms with Gasteiger partial charge in [-0.2, -0.15) is 0 Å². The molecule has 0 spiro atoms. The van der Waals surface area contributed by atoms with Gasteiger partial charge in [-0.05, 0) is 0 Å². The van der Waals surface area contributed by atoms with Crippen LogP contribution >= 0.6 is 0 Å². The van der Waals surface area contributed by atoms with Crippen LogP contribution in [0.15, 0.2) is 0 Å². The third-order valence-corrected chi connectivity index (χ3v) is 0. The minimum absolute atomic E-state index is 0. The molecule has 10 heavy (non-hydrogen) atoms. The van der Waals surface area contributed by atoms with Gasteiger partial charge in [-0.15, -0.1) is 0 Å². The molecule has 0 aliphatic carbocycles. The third kappa shape index (κ3) is 4800. The minimum Gasteiger partial charge on any atom is -0.412 e. The second kappa shape index (κ2) is 15.9. The van der Waals surface area contributed by atoms with Crippen LogP contribution in [0.1, 0.15) is 0 Å². The van der Waals surface area contributed by atoms with Crippen LogP contribution in [0.2, 0.25) is 0 Å². The Hall–Kier alpha value is -0.270. The van der Waals surface area contributed by atoms with Crippen molar-refractivity contribution >= 4 is 0 Å². The lowest BCUT2D eigenvalue weighted by atomic mass is 10.8. The first-order valence-electron chi connectivity index (χ1n) is 1.79. The molecule has 0 amide bonds. The number of rotatable bonds is 0. The normalized spacial score (nSPS) is 6.00. The monoisotopic (exact) mass is 166 g/mol. The van der Waals surface area contributed by atoms with Crippen molar-refractivity contribution in [2.24, 2.45) is 0 Å². The second-order valence-corrected chi connectivity index (χ2v) is 2.68. The number of nitrogens with zero attached hydrogens (tertiary/aromatic N) is 1. The molecule has 0 aliphatic heterocycles. The molecule has 0 atom stereocenters. The summed E-state index contributed by atoms with van der Waals surface area (Å²) in [6.45, 7) is 0. The van der Waals surface area contributed by atoms with Gasteiger partial charge in [0.25, 0.3) is 0 Å². The van der Waals surface area contributed by atoms with Crippen LogP contribution < -0.4 is 0 Å². The first-order chi connectivity index (χ1) is 2.00. The SMILES string of the molecule is C[N+](C)(C)C.F.O.O.O.O. The summed E-state index contributed by atoms with van der Waals surface area (Å²) < 4.78 is 1.00. The highest BCUT2D eigenvalue weighted by Crippen LogP contribution is 1.73. The molecule has 6 heteroatoms. The van der Waals surface area contributed by atoms with E-state index in [-0.39, 0.29) is 26.6 Å². The summed E-state index contributed by atoms with van der Waals surface area (Å²) in [5.41, 5.74) is 0. The van der Waals surface area contributed by atoms with Gasteiger partial charge in [-0.3, -0.25) is 4.70 Å². The molecule has 0 aromatic heterocycles. The first-order valence-corrected chi connectivity index (χ1v) is 1.79. The lowest BCUT2D eigenvalue weighted by Crippen LogP contribution is -2.27. The van der Waals surface area contributed by atoms with Gasteiger partial charge in [-0.1, -0.05) is 0 Å². The van der Waals surface area contributed by atoms with Crippen LogP contribution in [0, 0.1) is 0 Å². The quantitative estimate of drug-likeness (QED) is 0.344. The van der Waals surface area contributed by atoms with Gasteiger partial charge >= 0.3 is 0 Å². The van der Waals surface area contributed by atoms with Crippen molar-refractivity contribution in [1.29, 1.82) is 0 Å². The van der Waals surface area contributed by atoms with E-state index in [1.54, 1.807) is 0 Å². The standard InChI is InChI=1S/C4H12N.FH.4H2O/c1-5(2,3)4;;;;;/h1-4H3;1H;4*1H2/q+1;;;;;.